The summed E-state index contributed by atoms with van der Waals surface area (Å²) in [5, 5.41) is 9.97. The summed E-state index contributed by atoms with van der Waals surface area (Å²) in [7, 11) is -1.16. The van der Waals surface area contributed by atoms with Crippen LogP contribution in [-0.2, 0) is 27.4 Å². The fourth-order valence-corrected chi connectivity index (χ4v) is 5.16. The van der Waals surface area contributed by atoms with E-state index in [1.807, 2.05) is 0 Å². The van der Waals surface area contributed by atoms with Crippen molar-refractivity contribution in [3.05, 3.63) is 41.1 Å². The van der Waals surface area contributed by atoms with E-state index in [2.05, 4.69) is 34.6 Å². The number of hydrogen-bond donors (Lipinski definition) is 1. The van der Waals surface area contributed by atoms with Crippen LogP contribution in [0.25, 0.3) is 11.2 Å². The summed E-state index contributed by atoms with van der Waals surface area (Å²) in [5.41, 5.74) is 1.96. The van der Waals surface area contributed by atoms with Gasteiger partial charge in [0.1, 0.15) is 41.6 Å². The number of benzene rings is 1. The lowest BCUT2D eigenvalue weighted by atomic mass is 10.1. The van der Waals surface area contributed by atoms with E-state index in [0.29, 0.717) is 42.5 Å². The fraction of sp³-hybridized carbons (Fsp3) is 0.478. The maximum atomic E-state index is 12.6. The highest BCUT2D eigenvalue weighted by Gasteiger charge is 2.63. The second-order valence-electron chi connectivity index (χ2n) is 9.94. The number of carbonyl (C=O) groups is 1. The van der Waals surface area contributed by atoms with Crippen molar-refractivity contribution < 1.29 is 24.1 Å². The van der Waals surface area contributed by atoms with Crippen LogP contribution in [0.4, 0.5) is 0 Å². The molecule has 5 rings (SSSR count). The predicted octanol–water partition coefficient (Wildman–Crippen LogP) is 3.76. The molecule has 11 heteroatoms. The summed E-state index contributed by atoms with van der Waals surface area (Å²) >= 11 is 6.32. The topological polar surface area (TPSA) is 109 Å². The zero-order valence-electron chi connectivity index (χ0n) is 19.3. The van der Waals surface area contributed by atoms with Gasteiger partial charge in [0.05, 0.1) is 12.9 Å². The molecule has 0 bridgehead atoms. The molecule has 2 aliphatic rings. The molecule has 3 heterocycles. The number of aromatic hydroxyl groups is 1. The van der Waals surface area contributed by atoms with Gasteiger partial charge in [0.25, 0.3) is 0 Å². The Bertz CT molecular complexity index is 1240. The zero-order chi connectivity index (χ0) is 24.0. The van der Waals surface area contributed by atoms with Crippen molar-refractivity contribution in [1.82, 2.24) is 19.5 Å². The summed E-state index contributed by atoms with van der Waals surface area (Å²) in [4.78, 5) is 25.7. The lowest BCUT2D eigenvalue weighted by Gasteiger charge is -2.15. The van der Waals surface area contributed by atoms with E-state index in [9.17, 15) is 9.90 Å². The number of ether oxygens (including phenoxy) is 3. The van der Waals surface area contributed by atoms with Crippen LogP contribution in [0, 0.1) is 5.92 Å². The number of esters is 1. The first-order valence-corrected chi connectivity index (χ1v) is 15.4. The van der Waals surface area contributed by atoms with Gasteiger partial charge in [0.2, 0.25) is 0 Å². The number of rotatable bonds is 9. The van der Waals surface area contributed by atoms with Gasteiger partial charge >= 0.3 is 5.97 Å². The zero-order valence-corrected chi connectivity index (χ0v) is 21.1. The van der Waals surface area contributed by atoms with E-state index in [1.54, 1.807) is 29.1 Å². The molecule has 3 aromatic rings. The van der Waals surface area contributed by atoms with Crippen LogP contribution in [0.2, 0.25) is 30.8 Å². The van der Waals surface area contributed by atoms with Crippen LogP contribution in [0.3, 0.4) is 0 Å². The lowest BCUT2D eigenvalue weighted by Crippen LogP contribution is -2.22. The quantitative estimate of drug-likeness (QED) is 0.204. The number of aromatic nitrogens is 4. The van der Waals surface area contributed by atoms with Crippen LogP contribution in [0.15, 0.2) is 24.5 Å². The van der Waals surface area contributed by atoms with Gasteiger partial charge in [-0.3, -0.25) is 9.36 Å². The van der Waals surface area contributed by atoms with Gasteiger partial charge in [0.15, 0.2) is 10.8 Å². The summed E-state index contributed by atoms with van der Waals surface area (Å²) in [6.45, 7) is 8.08. The summed E-state index contributed by atoms with van der Waals surface area (Å²) < 4.78 is 18.9. The largest absolute Gasteiger partial charge is 0.508 e. The molecule has 1 aliphatic carbocycles. The van der Waals surface area contributed by atoms with Crippen molar-refractivity contribution >= 4 is 36.8 Å². The molecule has 1 fully saturated rings. The Kier molecular flexibility index (Phi) is 5.99. The Morgan fingerprint density at radius 1 is 1.26 bits per heavy atom. The smallest absolute Gasteiger partial charge is 0.313 e. The summed E-state index contributed by atoms with van der Waals surface area (Å²) in [6, 6.07) is 6.02. The Morgan fingerprint density at radius 3 is 2.88 bits per heavy atom. The van der Waals surface area contributed by atoms with Crippen molar-refractivity contribution in [3.8, 4) is 11.5 Å². The Hall–Kier alpha value is -2.69. The predicted molar refractivity (Wildman–Crippen MR) is 128 cm³/mol. The van der Waals surface area contributed by atoms with Gasteiger partial charge in [-0.15, -0.1) is 0 Å². The van der Waals surface area contributed by atoms with Gasteiger partial charge in [-0.1, -0.05) is 31.2 Å². The molecule has 0 radical (unpaired) electrons. The second-order valence-corrected chi connectivity index (χ2v) is 15.9. The molecule has 3 atom stereocenters. The van der Waals surface area contributed by atoms with Crippen molar-refractivity contribution in [2.45, 2.75) is 50.9 Å². The normalized spacial score (nSPS) is 20.6. The Labute approximate surface area is 203 Å². The van der Waals surface area contributed by atoms with Gasteiger partial charge < -0.3 is 19.3 Å². The minimum Gasteiger partial charge on any atom is -0.508 e. The van der Waals surface area contributed by atoms with Crippen molar-refractivity contribution in [3.63, 3.8) is 0 Å². The average molecular weight is 503 g/mol. The summed E-state index contributed by atoms with van der Waals surface area (Å²) in [5.74, 6) is 0.609. The molecule has 9 nitrogen and oxygen atoms in total. The highest BCUT2D eigenvalue weighted by molar-refractivity contribution is 6.76. The maximum absolute atomic E-state index is 12.6. The molecule has 2 aromatic heterocycles. The minimum atomic E-state index is -1.16. The highest BCUT2D eigenvalue weighted by atomic mass is 35.5. The minimum absolute atomic E-state index is 0.0630. The number of phenols is 1. The molecular weight excluding hydrogens is 476 g/mol. The number of hydrogen-bond acceptors (Lipinski definition) is 8. The molecule has 1 N–H and O–H groups in total. The third kappa shape index (κ3) is 4.62. The second kappa shape index (κ2) is 8.83. The van der Waals surface area contributed by atoms with E-state index < -0.39 is 8.07 Å². The number of nitrogens with zero attached hydrogens (tertiary/aromatic N) is 4. The van der Waals surface area contributed by atoms with Crippen LogP contribution in [0.5, 0.6) is 11.5 Å². The number of halogens is 1. The monoisotopic (exact) mass is 502 g/mol. The van der Waals surface area contributed by atoms with Gasteiger partial charge in [-0.05, 0) is 24.2 Å². The first kappa shape index (κ1) is 23.1. The number of carbonyl (C=O) groups excluding carboxylic acids is 1. The van der Waals surface area contributed by atoms with E-state index in [4.69, 9.17) is 25.8 Å². The van der Waals surface area contributed by atoms with Crippen LogP contribution < -0.4 is 4.74 Å². The number of fused-ring (bicyclic) bond motifs is 4. The molecule has 34 heavy (non-hydrogen) atoms. The molecule has 0 amide bonds. The van der Waals surface area contributed by atoms with Crippen molar-refractivity contribution in [2.75, 3.05) is 13.2 Å². The average Bonchev–Trinajstić information content (AvgIpc) is 3.12. The highest BCUT2D eigenvalue weighted by Crippen LogP contribution is 2.59. The molecule has 1 aromatic carbocycles. The van der Waals surface area contributed by atoms with Crippen molar-refractivity contribution in [1.29, 1.82) is 0 Å². The molecule has 3 unspecified atom stereocenters. The summed E-state index contributed by atoms with van der Waals surface area (Å²) in [6.07, 6.45) is 1.75. The maximum Gasteiger partial charge on any atom is 0.313 e. The third-order valence-electron chi connectivity index (χ3n) is 6.11. The van der Waals surface area contributed by atoms with E-state index >= 15 is 0 Å². The van der Waals surface area contributed by atoms with Gasteiger partial charge in [0, 0.05) is 32.6 Å². The SMILES string of the molecule is C[Si](C)(C)CCOCn1cnc2c(Cl)nc(CCOC(=O)C3C4Oc5ccc(O)cc5C43)nc21. The molecule has 0 saturated heterocycles. The fourth-order valence-electron chi connectivity index (χ4n) is 4.17. The van der Waals surface area contributed by atoms with Gasteiger partial charge in [-0.2, -0.15) is 0 Å². The molecule has 1 aliphatic heterocycles. The van der Waals surface area contributed by atoms with Crippen LogP contribution >= 0.6 is 11.6 Å². The van der Waals surface area contributed by atoms with E-state index in [-0.39, 0.29) is 41.4 Å². The van der Waals surface area contributed by atoms with Crippen LogP contribution in [0.1, 0.15) is 17.3 Å². The Morgan fingerprint density at radius 2 is 2.09 bits per heavy atom. The van der Waals surface area contributed by atoms with E-state index in [1.165, 1.54) is 0 Å². The van der Waals surface area contributed by atoms with E-state index in [0.717, 1.165) is 11.6 Å². The first-order chi connectivity index (χ1) is 16.2. The number of phenolic OH excluding ortho intramolecular Hbond substituents is 1. The Balaban J connectivity index is 1.17. The molecule has 1 saturated carbocycles. The van der Waals surface area contributed by atoms with Crippen molar-refractivity contribution in [2.24, 2.45) is 5.92 Å². The van der Waals surface area contributed by atoms with Gasteiger partial charge in [-0.25, -0.2) is 15.0 Å². The van der Waals surface area contributed by atoms with Crippen LogP contribution in [-0.4, -0.2) is 58.0 Å². The lowest BCUT2D eigenvalue weighted by molar-refractivity contribution is -0.146. The first-order valence-electron chi connectivity index (χ1n) is 11.3. The standard InChI is InChI=1S/C23H27ClN4O5Si/c1-34(2,3)9-8-31-12-28-11-25-19-21(24)26-16(27-22(19)28)6-7-32-23(30)18-17-14-10-13(29)4-5-15(14)33-20(17)18/h4-5,10-11,17-18,20,29H,6-9,12H2,1-3H3. The molecular formula is C23H27ClN4O5Si. The molecule has 180 valence electrons. The third-order valence-corrected chi connectivity index (χ3v) is 8.07. The molecule has 0 spiro atoms. The number of imidazole rings is 1.